The van der Waals surface area contributed by atoms with E-state index in [4.69, 9.17) is 5.73 Å². The van der Waals surface area contributed by atoms with Gasteiger partial charge >= 0.3 is 12.1 Å². The van der Waals surface area contributed by atoms with Gasteiger partial charge in [-0.05, 0) is 30.9 Å². The summed E-state index contributed by atoms with van der Waals surface area (Å²) in [4.78, 5) is 12.9. The minimum absolute atomic E-state index is 0.00958. The Kier molecular flexibility index (Phi) is 4.59. The van der Waals surface area contributed by atoms with Gasteiger partial charge in [-0.25, -0.2) is 0 Å². The number of nitrogen functional groups attached to an aromatic ring is 1. The Labute approximate surface area is 121 Å². The molecule has 21 heavy (non-hydrogen) atoms. The number of nitrogens with zero attached hydrogens (tertiary/aromatic N) is 1. The first kappa shape index (κ1) is 15.5. The number of carbonyl (C=O) groups excluding carboxylic acids is 1. The summed E-state index contributed by atoms with van der Waals surface area (Å²) in [6, 6.07) is 7.40. The molecule has 1 aromatic rings. The predicted molar refractivity (Wildman–Crippen MR) is 74.9 cm³/mol. The minimum atomic E-state index is -4.82. The Morgan fingerprint density at radius 3 is 2.76 bits per heavy atom. The number of anilines is 2. The summed E-state index contributed by atoms with van der Waals surface area (Å²) < 4.78 is 36.5. The number of piperidine rings is 1. The summed E-state index contributed by atoms with van der Waals surface area (Å²) in [6.07, 6.45) is -3.17. The number of amides is 1. The maximum Gasteiger partial charge on any atom is 0.471 e. The molecule has 0 radical (unpaired) electrons. The van der Waals surface area contributed by atoms with Crippen molar-refractivity contribution in [1.82, 2.24) is 5.32 Å². The molecule has 1 atom stereocenters. The van der Waals surface area contributed by atoms with Gasteiger partial charge in [-0.15, -0.1) is 0 Å². The maximum atomic E-state index is 12.2. The monoisotopic (exact) mass is 301 g/mol. The van der Waals surface area contributed by atoms with Crippen molar-refractivity contribution >= 4 is 17.3 Å². The molecule has 116 valence electrons. The molecule has 0 saturated carbocycles. The standard InChI is InChI=1S/C14H18F3N3O/c15-14(16,17)13(21)19-8-10-4-3-7-20(9-10)12-6-2-1-5-11(12)18/h1-2,5-6,10H,3-4,7-9,18H2,(H,19,21)/t10-/m0/s1. The molecular formula is C14H18F3N3O. The molecule has 1 amide bonds. The van der Waals surface area contributed by atoms with Gasteiger partial charge < -0.3 is 16.0 Å². The summed E-state index contributed by atoms with van der Waals surface area (Å²) in [7, 11) is 0. The highest BCUT2D eigenvalue weighted by molar-refractivity contribution is 5.81. The first-order chi connectivity index (χ1) is 9.88. The van der Waals surface area contributed by atoms with E-state index >= 15 is 0 Å². The van der Waals surface area contributed by atoms with Gasteiger partial charge in [0.2, 0.25) is 0 Å². The van der Waals surface area contributed by atoms with Gasteiger partial charge in [0.15, 0.2) is 0 Å². The summed E-state index contributed by atoms with van der Waals surface area (Å²) >= 11 is 0. The SMILES string of the molecule is Nc1ccccc1N1CCC[C@@H](CNC(=O)C(F)(F)F)C1. The molecule has 0 aromatic heterocycles. The summed E-state index contributed by atoms with van der Waals surface area (Å²) in [5.41, 5.74) is 7.46. The average Bonchev–Trinajstić information content (AvgIpc) is 2.44. The van der Waals surface area contributed by atoms with Crippen molar-refractivity contribution in [3.8, 4) is 0 Å². The number of nitrogens with one attached hydrogen (secondary N) is 1. The van der Waals surface area contributed by atoms with Crippen LogP contribution in [-0.2, 0) is 4.79 Å². The second-order valence-electron chi connectivity index (χ2n) is 5.22. The lowest BCUT2D eigenvalue weighted by atomic mass is 9.97. The Morgan fingerprint density at radius 2 is 2.10 bits per heavy atom. The van der Waals surface area contributed by atoms with E-state index < -0.39 is 12.1 Å². The van der Waals surface area contributed by atoms with E-state index in [1.54, 1.807) is 6.07 Å². The highest BCUT2D eigenvalue weighted by Gasteiger charge is 2.38. The summed E-state index contributed by atoms with van der Waals surface area (Å²) in [6.45, 7) is 1.44. The second-order valence-corrected chi connectivity index (χ2v) is 5.22. The van der Waals surface area contributed by atoms with Crippen molar-refractivity contribution < 1.29 is 18.0 Å². The number of carbonyl (C=O) groups is 1. The first-order valence-electron chi connectivity index (χ1n) is 6.82. The number of nitrogens with two attached hydrogens (primary N) is 1. The molecule has 0 spiro atoms. The van der Waals surface area contributed by atoms with E-state index in [0.717, 1.165) is 25.1 Å². The van der Waals surface area contributed by atoms with Crippen LogP contribution in [0.15, 0.2) is 24.3 Å². The van der Waals surface area contributed by atoms with Crippen LogP contribution in [0.2, 0.25) is 0 Å². The topological polar surface area (TPSA) is 58.4 Å². The lowest BCUT2D eigenvalue weighted by molar-refractivity contribution is -0.173. The minimum Gasteiger partial charge on any atom is -0.397 e. The van der Waals surface area contributed by atoms with Crippen LogP contribution >= 0.6 is 0 Å². The fourth-order valence-corrected chi connectivity index (χ4v) is 2.56. The van der Waals surface area contributed by atoms with E-state index in [1.165, 1.54) is 0 Å². The zero-order valence-electron chi connectivity index (χ0n) is 11.5. The van der Waals surface area contributed by atoms with Crippen LogP contribution in [0.3, 0.4) is 0 Å². The number of alkyl halides is 3. The van der Waals surface area contributed by atoms with Gasteiger partial charge in [0.25, 0.3) is 0 Å². The highest BCUT2D eigenvalue weighted by Crippen LogP contribution is 2.27. The van der Waals surface area contributed by atoms with Gasteiger partial charge in [0, 0.05) is 19.6 Å². The Bertz CT molecular complexity index is 504. The molecule has 1 aromatic carbocycles. The lowest BCUT2D eigenvalue weighted by Gasteiger charge is -2.35. The van der Waals surface area contributed by atoms with Gasteiger partial charge in [0.1, 0.15) is 0 Å². The third-order valence-electron chi connectivity index (χ3n) is 3.61. The molecule has 7 heteroatoms. The van der Waals surface area contributed by atoms with E-state index in [2.05, 4.69) is 4.90 Å². The number of benzene rings is 1. The van der Waals surface area contributed by atoms with Crippen molar-refractivity contribution in [1.29, 1.82) is 0 Å². The molecule has 0 bridgehead atoms. The lowest BCUT2D eigenvalue weighted by Crippen LogP contribution is -2.44. The Morgan fingerprint density at radius 1 is 1.38 bits per heavy atom. The largest absolute Gasteiger partial charge is 0.471 e. The van der Waals surface area contributed by atoms with Gasteiger partial charge in [-0.1, -0.05) is 12.1 Å². The van der Waals surface area contributed by atoms with Gasteiger partial charge in [0.05, 0.1) is 11.4 Å². The molecule has 1 saturated heterocycles. The van der Waals surface area contributed by atoms with Crippen LogP contribution in [0.5, 0.6) is 0 Å². The number of rotatable bonds is 3. The molecule has 1 aliphatic heterocycles. The first-order valence-corrected chi connectivity index (χ1v) is 6.82. The van der Waals surface area contributed by atoms with Crippen LogP contribution < -0.4 is 16.0 Å². The zero-order valence-corrected chi connectivity index (χ0v) is 11.5. The number of hydrogen-bond donors (Lipinski definition) is 2. The number of para-hydroxylation sites is 2. The van der Waals surface area contributed by atoms with E-state index in [0.29, 0.717) is 12.2 Å². The molecule has 1 heterocycles. The van der Waals surface area contributed by atoms with Crippen molar-refractivity contribution in [2.45, 2.75) is 19.0 Å². The third kappa shape index (κ3) is 4.03. The summed E-state index contributed by atoms with van der Waals surface area (Å²) in [5.74, 6) is -1.89. The zero-order chi connectivity index (χ0) is 15.5. The molecule has 0 unspecified atom stereocenters. The van der Waals surface area contributed by atoms with Gasteiger partial charge in [-0.2, -0.15) is 13.2 Å². The van der Waals surface area contributed by atoms with Crippen LogP contribution in [-0.4, -0.2) is 31.7 Å². The molecule has 1 aliphatic rings. The predicted octanol–water partition coefficient (Wildman–Crippen LogP) is 2.16. The van der Waals surface area contributed by atoms with E-state index in [1.807, 2.05) is 23.5 Å². The van der Waals surface area contributed by atoms with Gasteiger partial charge in [-0.3, -0.25) is 4.79 Å². The molecule has 3 N–H and O–H groups in total. The molecular weight excluding hydrogens is 283 g/mol. The fraction of sp³-hybridized carbons (Fsp3) is 0.500. The second kappa shape index (κ2) is 6.24. The molecule has 4 nitrogen and oxygen atoms in total. The average molecular weight is 301 g/mol. The summed E-state index contributed by atoms with van der Waals surface area (Å²) in [5, 5.41) is 1.96. The molecule has 1 fully saturated rings. The Hall–Kier alpha value is -1.92. The van der Waals surface area contributed by atoms with Crippen LogP contribution in [0.1, 0.15) is 12.8 Å². The van der Waals surface area contributed by atoms with Crippen molar-refractivity contribution in [3.05, 3.63) is 24.3 Å². The highest BCUT2D eigenvalue weighted by atomic mass is 19.4. The number of hydrogen-bond acceptors (Lipinski definition) is 3. The Balaban J connectivity index is 1.93. The van der Waals surface area contributed by atoms with E-state index in [-0.39, 0.29) is 12.5 Å². The van der Waals surface area contributed by atoms with E-state index in [9.17, 15) is 18.0 Å². The number of halogens is 3. The van der Waals surface area contributed by atoms with Crippen LogP contribution in [0, 0.1) is 5.92 Å². The van der Waals surface area contributed by atoms with Crippen molar-refractivity contribution in [2.75, 3.05) is 30.3 Å². The third-order valence-corrected chi connectivity index (χ3v) is 3.61. The van der Waals surface area contributed by atoms with Crippen molar-refractivity contribution in [2.24, 2.45) is 5.92 Å². The van der Waals surface area contributed by atoms with Crippen molar-refractivity contribution in [3.63, 3.8) is 0 Å². The maximum absolute atomic E-state index is 12.2. The normalized spacial score (nSPS) is 19.4. The molecule has 2 rings (SSSR count). The van der Waals surface area contributed by atoms with Crippen LogP contribution in [0.25, 0.3) is 0 Å². The smallest absolute Gasteiger partial charge is 0.397 e. The van der Waals surface area contributed by atoms with Crippen LogP contribution in [0.4, 0.5) is 24.5 Å². The fourth-order valence-electron chi connectivity index (χ4n) is 2.56. The quantitative estimate of drug-likeness (QED) is 0.841. The molecule has 0 aliphatic carbocycles.